The number of benzene rings is 1. The molecule has 1 unspecified atom stereocenters. The van der Waals surface area contributed by atoms with Crippen LogP contribution in [0.15, 0.2) is 22.8 Å². The Balaban J connectivity index is 2.65. The molecule has 18 heavy (non-hydrogen) atoms. The molecular weight excluding hydrogens is 222 g/mol. The van der Waals surface area contributed by atoms with Crippen LogP contribution in [-0.2, 0) is 0 Å². The molecule has 0 radical (unpaired) electrons. The van der Waals surface area contributed by atoms with E-state index in [4.69, 9.17) is 10.2 Å². The van der Waals surface area contributed by atoms with Crippen molar-refractivity contribution < 1.29 is 4.42 Å². The molecule has 0 aliphatic heterocycles. The van der Waals surface area contributed by atoms with Crippen molar-refractivity contribution in [3.63, 3.8) is 0 Å². The topological polar surface area (TPSA) is 39.2 Å². The molecule has 0 fully saturated rings. The third kappa shape index (κ3) is 1.87. The molecule has 1 heterocycles. The molecule has 96 valence electrons. The number of hydrogen-bond donors (Lipinski definition) is 1. The Morgan fingerprint density at radius 3 is 1.83 bits per heavy atom. The van der Waals surface area contributed by atoms with E-state index in [1.165, 1.54) is 33.4 Å². The molecule has 2 nitrogen and oxygen atoms in total. The second kappa shape index (κ2) is 4.62. The summed E-state index contributed by atoms with van der Waals surface area (Å²) >= 11 is 0. The fourth-order valence-electron chi connectivity index (χ4n) is 2.61. The van der Waals surface area contributed by atoms with E-state index < -0.39 is 0 Å². The summed E-state index contributed by atoms with van der Waals surface area (Å²) in [4.78, 5) is 0. The van der Waals surface area contributed by atoms with Crippen LogP contribution >= 0.6 is 0 Å². The van der Waals surface area contributed by atoms with Gasteiger partial charge < -0.3 is 10.2 Å². The minimum Gasteiger partial charge on any atom is -0.467 e. The highest BCUT2D eigenvalue weighted by Crippen LogP contribution is 2.32. The Morgan fingerprint density at radius 1 is 0.889 bits per heavy atom. The van der Waals surface area contributed by atoms with Crippen LogP contribution < -0.4 is 5.73 Å². The largest absolute Gasteiger partial charge is 0.467 e. The van der Waals surface area contributed by atoms with E-state index in [1.54, 1.807) is 6.26 Å². The smallest absolute Gasteiger partial charge is 0.125 e. The molecule has 0 amide bonds. The average Bonchev–Trinajstić information content (AvgIpc) is 2.88. The van der Waals surface area contributed by atoms with Crippen molar-refractivity contribution in [2.75, 3.05) is 0 Å². The third-order valence-corrected chi connectivity index (χ3v) is 4.22. The molecule has 0 aliphatic carbocycles. The Bertz CT molecular complexity index is 538. The molecule has 0 bridgehead atoms. The first-order valence-electron chi connectivity index (χ1n) is 6.31. The Hall–Kier alpha value is -1.54. The van der Waals surface area contributed by atoms with Crippen LogP contribution in [0.1, 0.15) is 45.2 Å². The van der Waals surface area contributed by atoms with Gasteiger partial charge in [0, 0.05) is 0 Å². The van der Waals surface area contributed by atoms with Gasteiger partial charge in [-0.05, 0) is 80.1 Å². The summed E-state index contributed by atoms with van der Waals surface area (Å²) in [6.07, 6.45) is 1.67. The predicted molar refractivity (Wildman–Crippen MR) is 74.9 cm³/mol. The molecule has 0 spiro atoms. The second-order valence-corrected chi connectivity index (χ2v) is 5.03. The van der Waals surface area contributed by atoms with Gasteiger partial charge in [-0.1, -0.05) is 0 Å². The molecule has 0 aliphatic rings. The van der Waals surface area contributed by atoms with Crippen LogP contribution in [0.5, 0.6) is 0 Å². The van der Waals surface area contributed by atoms with E-state index in [1.807, 2.05) is 12.1 Å². The highest BCUT2D eigenvalue weighted by atomic mass is 16.3. The summed E-state index contributed by atoms with van der Waals surface area (Å²) in [6, 6.07) is 3.64. The summed E-state index contributed by atoms with van der Waals surface area (Å²) in [5.74, 6) is 0.823. The molecular formula is C16H21NO. The summed E-state index contributed by atoms with van der Waals surface area (Å²) in [6.45, 7) is 10.8. The molecule has 0 saturated heterocycles. The number of hydrogen-bond acceptors (Lipinski definition) is 2. The molecule has 0 saturated carbocycles. The molecule has 2 aromatic rings. The van der Waals surface area contributed by atoms with E-state index >= 15 is 0 Å². The molecule has 2 heteroatoms. The number of furan rings is 1. The van der Waals surface area contributed by atoms with E-state index in [0.717, 1.165) is 5.76 Å². The third-order valence-electron chi connectivity index (χ3n) is 4.22. The standard InChI is InChI=1S/C16H21NO/c1-9-10(2)12(4)15(13(5)11(9)3)16(17)14-7-6-8-18-14/h6-8,16H,17H2,1-5H3. The van der Waals surface area contributed by atoms with Crippen LogP contribution in [-0.4, -0.2) is 0 Å². The summed E-state index contributed by atoms with van der Waals surface area (Å²) in [5, 5.41) is 0. The van der Waals surface area contributed by atoms with Crippen LogP contribution in [0.4, 0.5) is 0 Å². The molecule has 1 aromatic heterocycles. The maximum absolute atomic E-state index is 6.36. The monoisotopic (exact) mass is 243 g/mol. The minimum absolute atomic E-state index is 0.182. The fourth-order valence-corrected chi connectivity index (χ4v) is 2.61. The summed E-state index contributed by atoms with van der Waals surface area (Å²) in [7, 11) is 0. The van der Waals surface area contributed by atoms with Gasteiger partial charge in [-0.3, -0.25) is 0 Å². The molecule has 1 aromatic carbocycles. The Labute approximate surface area is 109 Å². The van der Waals surface area contributed by atoms with Gasteiger partial charge in [0.1, 0.15) is 5.76 Å². The lowest BCUT2D eigenvalue weighted by molar-refractivity contribution is 0.488. The van der Waals surface area contributed by atoms with Gasteiger partial charge in [0.25, 0.3) is 0 Å². The van der Waals surface area contributed by atoms with Crippen LogP contribution in [0.2, 0.25) is 0 Å². The van der Waals surface area contributed by atoms with E-state index in [9.17, 15) is 0 Å². The highest BCUT2D eigenvalue weighted by Gasteiger charge is 2.20. The van der Waals surface area contributed by atoms with Gasteiger partial charge in [-0.15, -0.1) is 0 Å². The summed E-state index contributed by atoms with van der Waals surface area (Å²) in [5.41, 5.74) is 14.1. The van der Waals surface area contributed by atoms with Gasteiger partial charge in [0.2, 0.25) is 0 Å². The molecule has 1 atom stereocenters. The SMILES string of the molecule is Cc1c(C)c(C)c(C(N)c2ccco2)c(C)c1C. The van der Waals surface area contributed by atoms with Crippen molar-refractivity contribution in [3.05, 3.63) is 57.5 Å². The van der Waals surface area contributed by atoms with Crippen molar-refractivity contribution in [2.45, 2.75) is 40.7 Å². The predicted octanol–water partition coefficient (Wildman–Crippen LogP) is 3.87. The van der Waals surface area contributed by atoms with Crippen LogP contribution in [0.25, 0.3) is 0 Å². The lowest BCUT2D eigenvalue weighted by Gasteiger charge is -2.22. The van der Waals surface area contributed by atoms with E-state index in [0.29, 0.717) is 0 Å². The zero-order valence-corrected chi connectivity index (χ0v) is 11.8. The van der Waals surface area contributed by atoms with Gasteiger partial charge in [0.05, 0.1) is 12.3 Å². The Morgan fingerprint density at radius 2 is 1.39 bits per heavy atom. The first-order valence-corrected chi connectivity index (χ1v) is 6.31. The van der Waals surface area contributed by atoms with Gasteiger partial charge >= 0.3 is 0 Å². The molecule has 2 N–H and O–H groups in total. The van der Waals surface area contributed by atoms with Gasteiger partial charge in [-0.25, -0.2) is 0 Å². The Kier molecular flexibility index (Phi) is 3.31. The lowest BCUT2D eigenvalue weighted by Crippen LogP contribution is -2.16. The first-order chi connectivity index (χ1) is 8.45. The van der Waals surface area contributed by atoms with Crippen molar-refractivity contribution in [2.24, 2.45) is 5.73 Å². The van der Waals surface area contributed by atoms with Gasteiger partial charge in [0.15, 0.2) is 0 Å². The number of nitrogens with two attached hydrogens (primary N) is 1. The average molecular weight is 243 g/mol. The van der Waals surface area contributed by atoms with Gasteiger partial charge in [-0.2, -0.15) is 0 Å². The first kappa shape index (κ1) is 12.9. The minimum atomic E-state index is -0.182. The van der Waals surface area contributed by atoms with Crippen LogP contribution in [0, 0.1) is 34.6 Å². The van der Waals surface area contributed by atoms with E-state index in [2.05, 4.69) is 34.6 Å². The lowest BCUT2D eigenvalue weighted by atomic mass is 9.86. The fraction of sp³-hybridized carbons (Fsp3) is 0.375. The van der Waals surface area contributed by atoms with Crippen molar-refractivity contribution in [1.29, 1.82) is 0 Å². The van der Waals surface area contributed by atoms with Crippen molar-refractivity contribution in [1.82, 2.24) is 0 Å². The maximum Gasteiger partial charge on any atom is 0.125 e. The summed E-state index contributed by atoms with van der Waals surface area (Å²) < 4.78 is 5.44. The molecule has 2 rings (SSSR count). The van der Waals surface area contributed by atoms with Crippen molar-refractivity contribution in [3.8, 4) is 0 Å². The number of rotatable bonds is 2. The second-order valence-electron chi connectivity index (χ2n) is 5.03. The maximum atomic E-state index is 6.36. The van der Waals surface area contributed by atoms with Crippen molar-refractivity contribution >= 4 is 0 Å². The zero-order chi connectivity index (χ0) is 13.4. The quantitative estimate of drug-likeness (QED) is 0.869. The van der Waals surface area contributed by atoms with Crippen LogP contribution in [0.3, 0.4) is 0 Å². The van der Waals surface area contributed by atoms with E-state index in [-0.39, 0.29) is 6.04 Å². The zero-order valence-electron chi connectivity index (χ0n) is 11.8. The highest BCUT2D eigenvalue weighted by molar-refractivity contribution is 5.52. The normalized spacial score (nSPS) is 12.8.